The molecule has 2 rings (SSSR count). The van der Waals surface area contributed by atoms with Gasteiger partial charge in [-0.25, -0.2) is 14.8 Å². The summed E-state index contributed by atoms with van der Waals surface area (Å²) in [5, 5.41) is 12.0. The summed E-state index contributed by atoms with van der Waals surface area (Å²) in [6, 6.07) is 1.71. The van der Waals surface area contributed by atoms with Gasteiger partial charge in [0, 0.05) is 12.6 Å². The molecular weight excluding hydrogens is 262 g/mol. The van der Waals surface area contributed by atoms with Gasteiger partial charge >= 0.3 is 5.97 Å². The van der Waals surface area contributed by atoms with Crippen LogP contribution in [0.1, 0.15) is 26.7 Å². The molecule has 7 nitrogen and oxygen atoms in total. The average Bonchev–Trinajstić information content (AvgIpc) is 2.85. The Morgan fingerprint density at radius 1 is 1.55 bits per heavy atom. The Balaban J connectivity index is 1.84. The quantitative estimate of drug-likeness (QED) is 0.811. The zero-order valence-corrected chi connectivity index (χ0v) is 11.6. The minimum absolute atomic E-state index is 0.0484. The second kappa shape index (κ2) is 6.51. The van der Waals surface area contributed by atoms with Crippen LogP contribution in [0, 0.1) is 0 Å². The fraction of sp³-hybridized carbons (Fsp3) is 0.615. The maximum Gasteiger partial charge on any atom is 0.332 e. The second-order valence-electron chi connectivity index (χ2n) is 4.95. The van der Waals surface area contributed by atoms with E-state index >= 15 is 0 Å². The van der Waals surface area contributed by atoms with Crippen LogP contribution in [0.25, 0.3) is 0 Å². The number of carboxylic acids is 1. The summed E-state index contributed by atoms with van der Waals surface area (Å²) in [6.45, 7) is 4.36. The summed E-state index contributed by atoms with van der Waals surface area (Å²) in [4.78, 5) is 18.9. The number of nitrogens with one attached hydrogen (secondary N) is 1. The monoisotopic (exact) mass is 281 g/mol. The van der Waals surface area contributed by atoms with E-state index in [1.165, 1.54) is 6.33 Å². The van der Waals surface area contributed by atoms with Gasteiger partial charge in [-0.1, -0.05) is 0 Å². The Labute approximate surface area is 117 Å². The standard InChI is InChI=1S/C13H19N3O4/c1-8(2)19-12-5-11(15-7-16-12)14-6-9-3-4-10(20-9)13(17)18/h5,7-10H,3-4,6H2,1-2H3,(H,17,18)(H,14,15,16). The molecule has 1 aromatic rings. The minimum atomic E-state index is -0.901. The first-order chi connectivity index (χ1) is 9.54. The number of rotatable bonds is 6. The first kappa shape index (κ1) is 14.5. The van der Waals surface area contributed by atoms with Gasteiger partial charge in [0.2, 0.25) is 5.88 Å². The molecule has 110 valence electrons. The number of anilines is 1. The van der Waals surface area contributed by atoms with Crippen LogP contribution in [0.15, 0.2) is 12.4 Å². The second-order valence-corrected chi connectivity index (χ2v) is 4.95. The average molecular weight is 281 g/mol. The van der Waals surface area contributed by atoms with Crippen LogP contribution in [0.5, 0.6) is 5.88 Å². The van der Waals surface area contributed by atoms with E-state index in [2.05, 4.69) is 15.3 Å². The highest BCUT2D eigenvalue weighted by atomic mass is 16.5. The lowest BCUT2D eigenvalue weighted by Crippen LogP contribution is -2.24. The van der Waals surface area contributed by atoms with E-state index in [0.29, 0.717) is 24.7 Å². The summed E-state index contributed by atoms with van der Waals surface area (Å²) in [5.41, 5.74) is 0. The van der Waals surface area contributed by atoms with Gasteiger partial charge < -0.3 is 19.9 Å². The molecule has 0 aliphatic carbocycles. The number of ether oxygens (including phenoxy) is 2. The third-order valence-corrected chi connectivity index (χ3v) is 2.89. The highest BCUT2D eigenvalue weighted by molar-refractivity contribution is 5.72. The van der Waals surface area contributed by atoms with Crippen LogP contribution in [0.2, 0.25) is 0 Å². The Bertz CT molecular complexity index is 467. The Hall–Kier alpha value is -1.89. The molecule has 20 heavy (non-hydrogen) atoms. The molecule has 0 spiro atoms. The van der Waals surface area contributed by atoms with E-state index in [1.807, 2.05) is 13.8 Å². The third-order valence-electron chi connectivity index (χ3n) is 2.89. The number of carbonyl (C=O) groups is 1. The normalized spacial score (nSPS) is 21.9. The van der Waals surface area contributed by atoms with Crippen molar-refractivity contribution in [1.82, 2.24) is 9.97 Å². The van der Waals surface area contributed by atoms with Crippen molar-refractivity contribution < 1.29 is 19.4 Å². The first-order valence-electron chi connectivity index (χ1n) is 6.65. The predicted octanol–water partition coefficient (Wildman–Crippen LogP) is 1.31. The van der Waals surface area contributed by atoms with Gasteiger partial charge in [-0.2, -0.15) is 0 Å². The molecule has 1 aromatic heterocycles. The number of hydrogen-bond acceptors (Lipinski definition) is 6. The van der Waals surface area contributed by atoms with E-state index in [1.54, 1.807) is 6.07 Å². The molecule has 1 fully saturated rings. The predicted molar refractivity (Wildman–Crippen MR) is 71.8 cm³/mol. The van der Waals surface area contributed by atoms with Crippen molar-refractivity contribution in [3.63, 3.8) is 0 Å². The van der Waals surface area contributed by atoms with E-state index in [9.17, 15) is 4.79 Å². The summed E-state index contributed by atoms with van der Waals surface area (Å²) in [6.07, 6.45) is 1.95. The molecule has 2 heterocycles. The molecule has 0 aromatic carbocycles. The first-order valence-corrected chi connectivity index (χ1v) is 6.65. The zero-order chi connectivity index (χ0) is 14.5. The van der Waals surface area contributed by atoms with Crippen molar-refractivity contribution in [2.75, 3.05) is 11.9 Å². The smallest absolute Gasteiger partial charge is 0.332 e. The van der Waals surface area contributed by atoms with Crippen LogP contribution in [-0.2, 0) is 9.53 Å². The van der Waals surface area contributed by atoms with Crippen molar-refractivity contribution in [1.29, 1.82) is 0 Å². The van der Waals surface area contributed by atoms with Gasteiger partial charge in [0.1, 0.15) is 12.1 Å². The summed E-state index contributed by atoms with van der Waals surface area (Å²) < 4.78 is 10.9. The van der Waals surface area contributed by atoms with E-state index in [4.69, 9.17) is 14.6 Å². The maximum atomic E-state index is 10.8. The van der Waals surface area contributed by atoms with Gasteiger partial charge in [-0.3, -0.25) is 0 Å². The molecule has 1 saturated heterocycles. The van der Waals surface area contributed by atoms with Gasteiger partial charge in [0.15, 0.2) is 6.10 Å². The van der Waals surface area contributed by atoms with Gasteiger partial charge in [-0.05, 0) is 26.7 Å². The van der Waals surface area contributed by atoms with Crippen LogP contribution in [0.4, 0.5) is 5.82 Å². The minimum Gasteiger partial charge on any atom is -0.479 e. The molecule has 0 radical (unpaired) electrons. The molecule has 2 atom stereocenters. The molecule has 2 unspecified atom stereocenters. The molecular formula is C13H19N3O4. The molecule has 2 N–H and O–H groups in total. The van der Waals surface area contributed by atoms with Gasteiger partial charge in [0.05, 0.1) is 12.2 Å². The highest BCUT2D eigenvalue weighted by Crippen LogP contribution is 2.20. The highest BCUT2D eigenvalue weighted by Gasteiger charge is 2.30. The number of aliphatic carboxylic acids is 1. The van der Waals surface area contributed by atoms with Crippen LogP contribution in [-0.4, -0.2) is 45.9 Å². The molecule has 1 aliphatic heterocycles. The number of hydrogen-bond donors (Lipinski definition) is 2. The number of nitrogens with zero attached hydrogens (tertiary/aromatic N) is 2. The topological polar surface area (TPSA) is 93.6 Å². The molecule has 0 bridgehead atoms. The zero-order valence-electron chi connectivity index (χ0n) is 11.6. The van der Waals surface area contributed by atoms with Crippen molar-refractivity contribution >= 4 is 11.8 Å². The summed E-state index contributed by atoms with van der Waals surface area (Å²) >= 11 is 0. The van der Waals surface area contributed by atoms with Crippen molar-refractivity contribution in [3.8, 4) is 5.88 Å². The Kier molecular flexibility index (Phi) is 4.73. The lowest BCUT2D eigenvalue weighted by Gasteiger charge is -2.13. The van der Waals surface area contributed by atoms with Crippen molar-refractivity contribution in [2.45, 2.75) is 45.0 Å². The lowest BCUT2D eigenvalue weighted by molar-refractivity contribution is -0.149. The molecule has 7 heteroatoms. The number of carboxylic acid groups (broad SMARTS) is 1. The van der Waals surface area contributed by atoms with Gasteiger partial charge in [0.25, 0.3) is 0 Å². The largest absolute Gasteiger partial charge is 0.479 e. The van der Waals surface area contributed by atoms with E-state index in [0.717, 1.165) is 6.42 Å². The van der Waals surface area contributed by atoms with Crippen LogP contribution in [0.3, 0.4) is 0 Å². The van der Waals surface area contributed by atoms with Crippen molar-refractivity contribution in [2.24, 2.45) is 0 Å². The Morgan fingerprint density at radius 3 is 3.00 bits per heavy atom. The SMILES string of the molecule is CC(C)Oc1cc(NCC2CCC(C(=O)O)O2)ncn1. The fourth-order valence-electron chi connectivity index (χ4n) is 2.00. The Morgan fingerprint density at radius 2 is 2.35 bits per heavy atom. The van der Waals surface area contributed by atoms with E-state index < -0.39 is 12.1 Å². The number of aromatic nitrogens is 2. The fourth-order valence-corrected chi connectivity index (χ4v) is 2.00. The van der Waals surface area contributed by atoms with Crippen molar-refractivity contribution in [3.05, 3.63) is 12.4 Å². The molecule has 1 aliphatic rings. The molecule has 0 amide bonds. The van der Waals surface area contributed by atoms with Gasteiger partial charge in [-0.15, -0.1) is 0 Å². The third kappa shape index (κ3) is 4.06. The van der Waals surface area contributed by atoms with Crippen LogP contribution >= 0.6 is 0 Å². The van der Waals surface area contributed by atoms with E-state index in [-0.39, 0.29) is 12.2 Å². The summed E-state index contributed by atoms with van der Waals surface area (Å²) in [7, 11) is 0. The molecule has 0 saturated carbocycles. The lowest BCUT2D eigenvalue weighted by atomic mass is 10.2. The maximum absolute atomic E-state index is 10.8. The summed E-state index contributed by atoms with van der Waals surface area (Å²) in [5.74, 6) is 0.244. The van der Waals surface area contributed by atoms with Crippen LogP contribution < -0.4 is 10.1 Å².